The Hall–Kier alpha value is -2.02. The topological polar surface area (TPSA) is 84.2 Å². The van der Waals surface area contributed by atoms with E-state index in [9.17, 15) is 4.79 Å². The Morgan fingerprint density at radius 1 is 1.46 bits per heavy atom. The van der Waals surface area contributed by atoms with Crippen molar-refractivity contribution in [3.63, 3.8) is 0 Å². The average Bonchev–Trinajstić information content (AvgIpc) is 3.04. The highest BCUT2D eigenvalue weighted by Crippen LogP contribution is 2.15. The summed E-state index contributed by atoms with van der Waals surface area (Å²) in [5.74, 6) is 1.41. The summed E-state index contributed by atoms with van der Waals surface area (Å²) in [6.45, 7) is 6.94. The van der Waals surface area contributed by atoms with Gasteiger partial charge in [-0.2, -0.15) is 10.1 Å². The minimum Gasteiger partial charge on any atom is -0.356 e. The van der Waals surface area contributed by atoms with Crippen LogP contribution in [0.25, 0.3) is 5.78 Å². The molecule has 0 aliphatic carbocycles. The number of carbonyl (C=O) groups excluding carboxylic acids is 1. The Morgan fingerprint density at radius 3 is 3.12 bits per heavy atom. The molecule has 1 aliphatic heterocycles. The van der Waals surface area contributed by atoms with E-state index in [0.29, 0.717) is 24.5 Å². The number of aryl methyl sites for hydroxylation is 2. The molecule has 1 aliphatic rings. The van der Waals surface area contributed by atoms with Gasteiger partial charge in [0, 0.05) is 24.4 Å². The van der Waals surface area contributed by atoms with E-state index < -0.39 is 0 Å². The molecule has 7 nitrogen and oxygen atoms in total. The fraction of sp³-hybridized carbons (Fsp3) is 0.647. The summed E-state index contributed by atoms with van der Waals surface area (Å²) in [6.07, 6.45) is 6.23. The minimum atomic E-state index is 0.108. The number of amides is 1. The first-order valence-corrected chi connectivity index (χ1v) is 8.78. The molecule has 1 fully saturated rings. The van der Waals surface area contributed by atoms with Crippen LogP contribution < -0.4 is 10.6 Å². The molecule has 1 unspecified atom stereocenters. The third-order valence-corrected chi connectivity index (χ3v) is 4.86. The number of carbonyl (C=O) groups is 1. The lowest BCUT2D eigenvalue weighted by atomic mass is 9.96. The van der Waals surface area contributed by atoms with Gasteiger partial charge < -0.3 is 10.6 Å². The van der Waals surface area contributed by atoms with Crippen molar-refractivity contribution in [1.82, 2.24) is 30.2 Å². The molecule has 0 spiro atoms. The van der Waals surface area contributed by atoms with E-state index in [1.165, 1.54) is 19.2 Å². The maximum atomic E-state index is 12.1. The smallest absolute Gasteiger partial charge is 0.252 e. The number of rotatable bonds is 6. The molecule has 1 saturated heterocycles. The summed E-state index contributed by atoms with van der Waals surface area (Å²) in [6, 6.07) is 0. The molecule has 0 radical (unpaired) electrons. The first kappa shape index (κ1) is 16.8. The van der Waals surface area contributed by atoms with Gasteiger partial charge >= 0.3 is 0 Å². The SMILES string of the molecule is Cc1nc2ncnn2c(C)c1CCC(=O)NCCC1CCCNC1. The van der Waals surface area contributed by atoms with Crippen LogP contribution in [0.3, 0.4) is 0 Å². The van der Waals surface area contributed by atoms with E-state index in [2.05, 4.69) is 25.7 Å². The van der Waals surface area contributed by atoms with Crippen molar-refractivity contribution < 1.29 is 4.79 Å². The van der Waals surface area contributed by atoms with E-state index in [0.717, 1.165) is 43.0 Å². The average molecular weight is 330 g/mol. The van der Waals surface area contributed by atoms with Gasteiger partial charge in [-0.3, -0.25) is 4.79 Å². The van der Waals surface area contributed by atoms with E-state index in [1.54, 1.807) is 4.52 Å². The van der Waals surface area contributed by atoms with Crippen molar-refractivity contribution in [1.29, 1.82) is 0 Å². The van der Waals surface area contributed by atoms with Gasteiger partial charge in [0.15, 0.2) is 0 Å². The first-order valence-electron chi connectivity index (χ1n) is 8.78. The summed E-state index contributed by atoms with van der Waals surface area (Å²) >= 11 is 0. The van der Waals surface area contributed by atoms with Crippen LogP contribution in [0.1, 0.15) is 42.6 Å². The Labute approximate surface area is 142 Å². The van der Waals surface area contributed by atoms with Crippen LogP contribution in [0.4, 0.5) is 0 Å². The molecule has 2 aromatic rings. The van der Waals surface area contributed by atoms with Crippen molar-refractivity contribution in [2.75, 3.05) is 19.6 Å². The molecule has 130 valence electrons. The second kappa shape index (κ2) is 7.70. The largest absolute Gasteiger partial charge is 0.356 e. The van der Waals surface area contributed by atoms with Crippen molar-refractivity contribution in [3.8, 4) is 0 Å². The molecular weight excluding hydrogens is 304 g/mol. The third-order valence-electron chi connectivity index (χ3n) is 4.86. The maximum Gasteiger partial charge on any atom is 0.252 e. The first-order chi connectivity index (χ1) is 11.6. The van der Waals surface area contributed by atoms with Gasteiger partial charge in [-0.25, -0.2) is 9.50 Å². The number of hydrogen-bond acceptors (Lipinski definition) is 5. The highest BCUT2D eigenvalue weighted by molar-refractivity contribution is 5.76. The van der Waals surface area contributed by atoms with E-state index in [-0.39, 0.29) is 5.91 Å². The fourth-order valence-corrected chi connectivity index (χ4v) is 3.43. The van der Waals surface area contributed by atoms with Gasteiger partial charge in [-0.05, 0) is 64.1 Å². The molecule has 1 atom stereocenters. The number of fused-ring (bicyclic) bond motifs is 1. The van der Waals surface area contributed by atoms with Gasteiger partial charge in [0.05, 0.1) is 0 Å². The van der Waals surface area contributed by atoms with E-state index in [4.69, 9.17) is 0 Å². The lowest BCUT2D eigenvalue weighted by molar-refractivity contribution is -0.121. The van der Waals surface area contributed by atoms with Gasteiger partial charge in [-0.15, -0.1) is 0 Å². The molecule has 24 heavy (non-hydrogen) atoms. The summed E-state index contributed by atoms with van der Waals surface area (Å²) in [5.41, 5.74) is 3.02. The van der Waals surface area contributed by atoms with Crippen molar-refractivity contribution in [2.24, 2.45) is 5.92 Å². The molecule has 3 heterocycles. The second-order valence-electron chi connectivity index (χ2n) is 6.58. The van der Waals surface area contributed by atoms with Crippen LogP contribution in [0.2, 0.25) is 0 Å². The standard InChI is InChI=1S/C17H26N6O/c1-12-15(13(2)23-17(22-12)20-11-21-23)5-6-16(24)19-9-7-14-4-3-8-18-10-14/h11,14,18H,3-10H2,1-2H3,(H,19,24). The molecule has 7 heteroatoms. The van der Waals surface area contributed by atoms with Gasteiger partial charge in [0.1, 0.15) is 6.33 Å². The molecule has 3 rings (SSSR count). The second-order valence-corrected chi connectivity index (χ2v) is 6.58. The lowest BCUT2D eigenvalue weighted by Crippen LogP contribution is -2.33. The summed E-state index contributed by atoms with van der Waals surface area (Å²) in [4.78, 5) is 20.7. The normalized spacial score (nSPS) is 18.0. The molecule has 0 bridgehead atoms. The number of aromatic nitrogens is 4. The lowest BCUT2D eigenvalue weighted by Gasteiger charge is -2.22. The van der Waals surface area contributed by atoms with Crippen LogP contribution in [-0.4, -0.2) is 45.1 Å². The Balaban J connectivity index is 1.49. The fourth-order valence-electron chi connectivity index (χ4n) is 3.43. The molecule has 1 amide bonds. The number of nitrogens with zero attached hydrogens (tertiary/aromatic N) is 4. The van der Waals surface area contributed by atoms with E-state index >= 15 is 0 Å². The van der Waals surface area contributed by atoms with Crippen LogP contribution in [0.5, 0.6) is 0 Å². The third kappa shape index (κ3) is 3.90. The monoisotopic (exact) mass is 330 g/mol. The number of hydrogen-bond donors (Lipinski definition) is 2. The zero-order chi connectivity index (χ0) is 16.9. The zero-order valence-electron chi connectivity index (χ0n) is 14.5. The molecule has 0 saturated carbocycles. The Bertz CT molecular complexity index is 704. The van der Waals surface area contributed by atoms with Crippen LogP contribution in [-0.2, 0) is 11.2 Å². The number of piperidine rings is 1. The van der Waals surface area contributed by atoms with Crippen LogP contribution >= 0.6 is 0 Å². The van der Waals surface area contributed by atoms with Crippen LogP contribution in [0, 0.1) is 19.8 Å². The summed E-state index contributed by atoms with van der Waals surface area (Å²) < 4.78 is 1.73. The van der Waals surface area contributed by atoms with Gasteiger partial charge in [0.2, 0.25) is 5.91 Å². The maximum absolute atomic E-state index is 12.1. The zero-order valence-corrected chi connectivity index (χ0v) is 14.5. The van der Waals surface area contributed by atoms with Crippen molar-refractivity contribution in [2.45, 2.75) is 46.0 Å². The Kier molecular flexibility index (Phi) is 5.40. The Morgan fingerprint density at radius 2 is 2.33 bits per heavy atom. The van der Waals surface area contributed by atoms with Crippen molar-refractivity contribution >= 4 is 11.7 Å². The predicted octanol–water partition coefficient (Wildman–Crippen LogP) is 1.18. The minimum absolute atomic E-state index is 0.108. The molecular formula is C17H26N6O. The number of nitrogens with one attached hydrogen (secondary N) is 2. The molecule has 2 aromatic heterocycles. The quantitative estimate of drug-likeness (QED) is 0.831. The summed E-state index contributed by atoms with van der Waals surface area (Å²) in [7, 11) is 0. The van der Waals surface area contributed by atoms with Gasteiger partial charge in [-0.1, -0.05) is 0 Å². The van der Waals surface area contributed by atoms with Crippen LogP contribution in [0.15, 0.2) is 6.33 Å². The predicted molar refractivity (Wildman–Crippen MR) is 91.8 cm³/mol. The molecule has 0 aromatic carbocycles. The molecule has 2 N–H and O–H groups in total. The highest BCUT2D eigenvalue weighted by atomic mass is 16.1. The summed E-state index contributed by atoms with van der Waals surface area (Å²) in [5, 5.41) is 10.6. The van der Waals surface area contributed by atoms with Gasteiger partial charge in [0.25, 0.3) is 5.78 Å². The van der Waals surface area contributed by atoms with E-state index in [1.807, 2.05) is 13.8 Å². The van der Waals surface area contributed by atoms with Crippen molar-refractivity contribution in [3.05, 3.63) is 23.3 Å². The highest BCUT2D eigenvalue weighted by Gasteiger charge is 2.14.